The van der Waals surface area contributed by atoms with Gasteiger partial charge in [0.1, 0.15) is 0 Å². The van der Waals surface area contributed by atoms with E-state index in [9.17, 15) is 0 Å². The number of hydrogen-bond acceptors (Lipinski definition) is 2. The number of nitrogens with zero attached hydrogens (tertiary/aromatic N) is 1. The zero-order valence-corrected chi connectivity index (χ0v) is 9.52. The third-order valence-corrected chi connectivity index (χ3v) is 4.49. The van der Waals surface area contributed by atoms with Crippen LogP contribution in [-0.4, -0.2) is 30.3 Å². The molecule has 1 aliphatic heterocycles. The molecule has 0 N–H and O–H groups in total. The van der Waals surface area contributed by atoms with Crippen LogP contribution in [0.15, 0.2) is 0 Å². The molecule has 1 unspecified atom stereocenters. The molecule has 2 rings (SSSR count). The summed E-state index contributed by atoms with van der Waals surface area (Å²) in [6.07, 6.45) is 5.68. The van der Waals surface area contributed by atoms with Crippen molar-refractivity contribution in [1.82, 2.24) is 4.90 Å². The molecule has 1 heterocycles. The first-order valence-electron chi connectivity index (χ1n) is 5.57. The highest BCUT2D eigenvalue weighted by Crippen LogP contribution is 2.43. The van der Waals surface area contributed by atoms with Crippen LogP contribution in [0.2, 0.25) is 0 Å². The maximum atomic E-state index is 4.50. The number of rotatable bonds is 3. The van der Waals surface area contributed by atoms with Crippen molar-refractivity contribution in [2.45, 2.75) is 32.6 Å². The van der Waals surface area contributed by atoms with Gasteiger partial charge in [-0.2, -0.15) is 12.6 Å². The summed E-state index contributed by atoms with van der Waals surface area (Å²) < 4.78 is 0. The summed E-state index contributed by atoms with van der Waals surface area (Å²) in [5.41, 5.74) is 0.604. The molecule has 0 aromatic carbocycles. The molecule has 2 heteroatoms. The fraction of sp³-hybridized carbons (Fsp3) is 1.00. The van der Waals surface area contributed by atoms with Crippen molar-refractivity contribution in [1.29, 1.82) is 0 Å². The Morgan fingerprint density at radius 3 is 2.62 bits per heavy atom. The van der Waals surface area contributed by atoms with E-state index in [0.717, 1.165) is 11.7 Å². The quantitative estimate of drug-likeness (QED) is 0.683. The van der Waals surface area contributed by atoms with E-state index < -0.39 is 0 Å². The lowest BCUT2D eigenvalue weighted by Crippen LogP contribution is -2.42. The summed E-state index contributed by atoms with van der Waals surface area (Å²) in [5.74, 6) is 2.02. The van der Waals surface area contributed by atoms with Gasteiger partial charge in [-0.3, -0.25) is 0 Å². The van der Waals surface area contributed by atoms with Gasteiger partial charge >= 0.3 is 0 Å². The largest absolute Gasteiger partial charge is 0.302 e. The molecular formula is C11H21NS. The fourth-order valence-electron chi connectivity index (χ4n) is 2.69. The minimum atomic E-state index is 0.604. The second kappa shape index (κ2) is 3.82. The molecule has 0 spiro atoms. The highest BCUT2D eigenvalue weighted by atomic mass is 32.1. The molecule has 2 aliphatic rings. The van der Waals surface area contributed by atoms with Crippen LogP contribution < -0.4 is 0 Å². The predicted octanol–water partition coefficient (Wildman–Crippen LogP) is 2.43. The predicted molar refractivity (Wildman–Crippen MR) is 60.4 cm³/mol. The van der Waals surface area contributed by atoms with Gasteiger partial charge < -0.3 is 4.90 Å². The van der Waals surface area contributed by atoms with E-state index in [4.69, 9.17) is 0 Å². The standard InChI is InChI=1S/C11H21NS/c1-10-3-6-12(7-10)8-11(9-13)4-2-5-11/h10,13H,2-9H2,1H3. The molecule has 1 atom stereocenters. The third-order valence-electron chi connectivity index (χ3n) is 3.82. The van der Waals surface area contributed by atoms with Crippen molar-refractivity contribution in [2.24, 2.45) is 11.3 Å². The highest BCUT2D eigenvalue weighted by molar-refractivity contribution is 7.80. The summed E-state index contributed by atoms with van der Waals surface area (Å²) in [6.45, 7) is 6.35. The van der Waals surface area contributed by atoms with Crippen molar-refractivity contribution in [3.8, 4) is 0 Å². The van der Waals surface area contributed by atoms with Gasteiger partial charge in [-0.05, 0) is 42.9 Å². The summed E-state index contributed by atoms with van der Waals surface area (Å²) >= 11 is 4.50. The van der Waals surface area contributed by atoms with Gasteiger partial charge in [0.05, 0.1) is 0 Å². The van der Waals surface area contributed by atoms with E-state index in [1.54, 1.807) is 0 Å². The van der Waals surface area contributed by atoms with Crippen molar-refractivity contribution in [3.05, 3.63) is 0 Å². The lowest BCUT2D eigenvalue weighted by Gasteiger charge is -2.43. The monoisotopic (exact) mass is 199 g/mol. The molecule has 0 radical (unpaired) electrons. The molecule has 0 bridgehead atoms. The molecule has 1 saturated carbocycles. The first-order valence-corrected chi connectivity index (χ1v) is 6.21. The van der Waals surface area contributed by atoms with Gasteiger partial charge in [-0.15, -0.1) is 0 Å². The molecule has 1 saturated heterocycles. The van der Waals surface area contributed by atoms with E-state index in [2.05, 4.69) is 24.5 Å². The lowest BCUT2D eigenvalue weighted by molar-refractivity contribution is 0.102. The normalized spacial score (nSPS) is 33.2. The summed E-state index contributed by atoms with van der Waals surface area (Å²) in [5, 5.41) is 0. The Hall–Kier alpha value is 0.310. The van der Waals surface area contributed by atoms with Crippen molar-refractivity contribution >= 4 is 12.6 Å². The third kappa shape index (κ3) is 2.04. The maximum absolute atomic E-state index is 4.50. The SMILES string of the molecule is CC1CCN(CC2(CS)CCC2)C1. The molecule has 2 fully saturated rings. The Morgan fingerprint density at radius 2 is 2.23 bits per heavy atom. The van der Waals surface area contributed by atoms with Crippen LogP contribution in [0.25, 0.3) is 0 Å². The Bertz CT molecular complexity index is 171. The van der Waals surface area contributed by atoms with E-state index in [0.29, 0.717) is 5.41 Å². The highest BCUT2D eigenvalue weighted by Gasteiger charge is 2.38. The van der Waals surface area contributed by atoms with E-state index >= 15 is 0 Å². The Balaban J connectivity index is 1.83. The van der Waals surface area contributed by atoms with E-state index in [1.165, 1.54) is 45.3 Å². The fourth-order valence-corrected chi connectivity index (χ4v) is 3.10. The molecule has 1 nitrogen and oxygen atoms in total. The molecular weight excluding hydrogens is 178 g/mol. The van der Waals surface area contributed by atoms with E-state index in [-0.39, 0.29) is 0 Å². The first kappa shape index (κ1) is 9.85. The van der Waals surface area contributed by atoms with Gasteiger partial charge in [0.2, 0.25) is 0 Å². The van der Waals surface area contributed by atoms with Crippen molar-refractivity contribution in [3.63, 3.8) is 0 Å². The zero-order valence-electron chi connectivity index (χ0n) is 8.63. The molecule has 0 amide bonds. The molecule has 0 aromatic rings. The second-order valence-corrected chi connectivity index (χ2v) is 5.46. The van der Waals surface area contributed by atoms with Gasteiger partial charge in [-0.25, -0.2) is 0 Å². The van der Waals surface area contributed by atoms with Crippen LogP contribution in [0.3, 0.4) is 0 Å². The Morgan fingerprint density at radius 1 is 1.46 bits per heavy atom. The summed E-state index contributed by atoms with van der Waals surface area (Å²) in [4.78, 5) is 2.65. The van der Waals surface area contributed by atoms with Crippen LogP contribution in [0, 0.1) is 11.3 Å². The average molecular weight is 199 g/mol. The number of hydrogen-bond donors (Lipinski definition) is 1. The summed E-state index contributed by atoms with van der Waals surface area (Å²) in [7, 11) is 0. The molecule has 13 heavy (non-hydrogen) atoms. The van der Waals surface area contributed by atoms with Crippen molar-refractivity contribution in [2.75, 3.05) is 25.4 Å². The lowest BCUT2D eigenvalue weighted by atomic mass is 9.70. The average Bonchev–Trinajstić information content (AvgIpc) is 2.44. The number of likely N-dealkylation sites (tertiary alicyclic amines) is 1. The van der Waals surface area contributed by atoms with Gasteiger partial charge in [-0.1, -0.05) is 13.3 Å². The Labute approximate surface area is 87.3 Å². The topological polar surface area (TPSA) is 3.24 Å². The van der Waals surface area contributed by atoms with E-state index in [1.807, 2.05) is 0 Å². The maximum Gasteiger partial charge on any atom is 0.00459 e. The van der Waals surface area contributed by atoms with Gasteiger partial charge in [0, 0.05) is 13.1 Å². The van der Waals surface area contributed by atoms with Crippen molar-refractivity contribution < 1.29 is 0 Å². The smallest absolute Gasteiger partial charge is 0.00459 e. The van der Waals surface area contributed by atoms with Crippen LogP contribution in [0.4, 0.5) is 0 Å². The van der Waals surface area contributed by atoms with Gasteiger partial charge in [0.15, 0.2) is 0 Å². The molecule has 76 valence electrons. The Kier molecular flexibility index (Phi) is 2.89. The van der Waals surface area contributed by atoms with Crippen LogP contribution in [-0.2, 0) is 0 Å². The number of thiol groups is 1. The van der Waals surface area contributed by atoms with Crippen LogP contribution in [0.5, 0.6) is 0 Å². The second-order valence-electron chi connectivity index (χ2n) is 5.14. The van der Waals surface area contributed by atoms with Gasteiger partial charge in [0.25, 0.3) is 0 Å². The van der Waals surface area contributed by atoms with Crippen LogP contribution >= 0.6 is 12.6 Å². The minimum absolute atomic E-state index is 0.604. The molecule has 0 aromatic heterocycles. The zero-order chi connectivity index (χ0) is 9.31. The van der Waals surface area contributed by atoms with Crippen LogP contribution in [0.1, 0.15) is 32.6 Å². The summed E-state index contributed by atoms with van der Waals surface area (Å²) in [6, 6.07) is 0. The minimum Gasteiger partial charge on any atom is -0.302 e. The first-order chi connectivity index (χ1) is 6.24. The molecule has 1 aliphatic carbocycles.